The minimum atomic E-state index is 0.0880. The molecule has 1 aromatic carbocycles. The van der Waals surface area contributed by atoms with Crippen LogP contribution in [0.5, 0.6) is 0 Å². The molecule has 0 spiro atoms. The fraction of sp³-hybridized carbons (Fsp3) is 0.286. The van der Waals surface area contributed by atoms with Crippen LogP contribution in [0.15, 0.2) is 41.7 Å². The van der Waals surface area contributed by atoms with Gasteiger partial charge in [-0.25, -0.2) is 4.98 Å². The van der Waals surface area contributed by atoms with E-state index in [0.29, 0.717) is 13.0 Å². The third-order valence-electron chi connectivity index (χ3n) is 2.62. The predicted molar refractivity (Wildman–Crippen MR) is 78.0 cm³/mol. The number of aromatic amines is 1. The molecule has 0 radical (unpaired) electrons. The molecular formula is C14H17N3OS. The number of carbonyl (C=O) groups is 1. The third kappa shape index (κ3) is 4.13. The van der Waals surface area contributed by atoms with Crippen molar-refractivity contribution in [3.63, 3.8) is 0 Å². The summed E-state index contributed by atoms with van der Waals surface area (Å²) in [5.74, 6) is 0.901. The van der Waals surface area contributed by atoms with Gasteiger partial charge in [-0.3, -0.25) is 4.79 Å². The highest BCUT2D eigenvalue weighted by molar-refractivity contribution is 7.99. The van der Waals surface area contributed by atoms with Crippen molar-refractivity contribution < 1.29 is 4.79 Å². The first kappa shape index (κ1) is 13.7. The molecule has 1 aromatic heterocycles. The van der Waals surface area contributed by atoms with Crippen molar-refractivity contribution in [1.29, 1.82) is 0 Å². The Morgan fingerprint density at radius 3 is 2.89 bits per heavy atom. The Morgan fingerprint density at radius 2 is 2.16 bits per heavy atom. The number of rotatable bonds is 6. The van der Waals surface area contributed by atoms with E-state index in [1.807, 2.05) is 43.5 Å². The summed E-state index contributed by atoms with van der Waals surface area (Å²) in [5, 5.41) is 3.72. The SMILES string of the molecule is CCC(=O)NCCSc1ncc(-c2ccccc2)[nH]1. The van der Waals surface area contributed by atoms with Crippen LogP contribution in [-0.2, 0) is 4.79 Å². The van der Waals surface area contributed by atoms with E-state index in [1.165, 1.54) is 0 Å². The Bertz CT molecular complexity index is 524. The molecule has 0 aliphatic heterocycles. The largest absolute Gasteiger partial charge is 0.355 e. The minimum Gasteiger partial charge on any atom is -0.355 e. The molecule has 4 nitrogen and oxygen atoms in total. The van der Waals surface area contributed by atoms with Gasteiger partial charge in [0, 0.05) is 18.7 Å². The smallest absolute Gasteiger partial charge is 0.219 e. The van der Waals surface area contributed by atoms with Gasteiger partial charge in [-0.1, -0.05) is 49.0 Å². The van der Waals surface area contributed by atoms with E-state index >= 15 is 0 Å². The van der Waals surface area contributed by atoms with Crippen molar-refractivity contribution in [2.45, 2.75) is 18.5 Å². The summed E-state index contributed by atoms with van der Waals surface area (Å²) in [6.45, 7) is 2.51. The topological polar surface area (TPSA) is 57.8 Å². The molecule has 0 fully saturated rings. The summed E-state index contributed by atoms with van der Waals surface area (Å²) in [7, 11) is 0. The number of amides is 1. The number of nitrogens with one attached hydrogen (secondary N) is 2. The monoisotopic (exact) mass is 275 g/mol. The summed E-state index contributed by atoms with van der Waals surface area (Å²) in [5.41, 5.74) is 2.14. The highest BCUT2D eigenvalue weighted by Gasteiger charge is 2.03. The second kappa shape index (κ2) is 6.99. The van der Waals surface area contributed by atoms with Gasteiger partial charge < -0.3 is 10.3 Å². The molecule has 2 rings (SSSR count). The van der Waals surface area contributed by atoms with Crippen molar-refractivity contribution in [2.24, 2.45) is 0 Å². The molecule has 2 aromatic rings. The van der Waals surface area contributed by atoms with Gasteiger partial charge in [-0.15, -0.1) is 0 Å². The van der Waals surface area contributed by atoms with Gasteiger partial charge >= 0.3 is 0 Å². The normalized spacial score (nSPS) is 10.4. The summed E-state index contributed by atoms with van der Waals surface area (Å²) in [4.78, 5) is 18.7. The molecule has 5 heteroatoms. The Kier molecular flexibility index (Phi) is 5.03. The number of H-pyrrole nitrogens is 1. The number of thioether (sulfide) groups is 1. The average molecular weight is 275 g/mol. The molecule has 100 valence electrons. The maximum atomic E-state index is 11.1. The van der Waals surface area contributed by atoms with Crippen LogP contribution in [0.2, 0.25) is 0 Å². The molecule has 2 N–H and O–H groups in total. The highest BCUT2D eigenvalue weighted by Crippen LogP contribution is 2.20. The molecule has 0 unspecified atom stereocenters. The zero-order valence-corrected chi connectivity index (χ0v) is 11.7. The number of benzene rings is 1. The molecule has 0 aliphatic carbocycles. The first-order valence-corrected chi connectivity index (χ1v) is 7.28. The Morgan fingerprint density at radius 1 is 1.37 bits per heavy atom. The fourth-order valence-corrected chi connectivity index (χ4v) is 2.31. The van der Waals surface area contributed by atoms with Crippen molar-refractivity contribution in [1.82, 2.24) is 15.3 Å². The zero-order chi connectivity index (χ0) is 13.5. The van der Waals surface area contributed by atoms with Crippen molar-refractivity contribution in [2.75, 3.05) is 12.3 Å². The first-order chi connectivity index (χ1) is 9.29. The number of hydrogen-bond donors (Lipinski definition) is 2. The third-order valence-corrected chi connectivity index (χ3v) is 3.51. The first-order valence-electron chi connectivity index (χ1n) is 6.29. The summed E-state index contributed by atoms with van der Waals surface area (Å²) in [6, 6.07) is 10.1. The average Bonchev–Trinajstić information content (AvgIpc) is 2.93. The second-order valence-corrected chi connectivity index (χ2v) is 5.10. The molecule has 0 saturated carbocycles. The molecule has 0 saturated heterocycles. The molecule has 0 bridgehead atoms. The van der Waals surface area contributed by atoms with E-state index in [0.717, 1.165) is 22.2 Å². The number of aromatic nitrogens is 2. The van der Waals surface area contributed by atoms with Crippen LogP contribution < -0.4 is 5.32 Å². The standard InChI is InChI=1S/C14H17N3OS/c1-2-13(18)15-8-9-19-14-16-10-12(17-14)11-6-4-3-5-7-11/h3-7,10H,2,8-9H2,1H3,(H,15,18)(H,16,17). The van der Waals surface area contributed by atoms with Crippen molar-refractivity contribution in [3.8, 4) is 11.3 Å². The van der Waals surface area contributed by atoms with Gasteiger partial charge in [0.1, 0.15) is 0 Å². The van der Waals surface area contributed by atoms with Crippen LogP contribution in [0, 0.1) is 0 Å². The number of imidazole rings is 1. The summed E-state index contributed by atoms with van der Waals surface area (Å²) < 4.78 is 0. The molecule has 19 heavy (non-hydrogen) atoms. The number of hydrogen-bond acceptors (Lipinski definition) is 3. The Labute approximate surface area is 117 Å². The number of nitrogens with zero attached hydrogens (tertiary/aromatic N) is 1. The highest BCUT2D eigenvalue weighted by atomic mass is 32.2. The van der Waals surface area contributed by atoms with E-state index in [4.69, 9.17) is 0 Å². The van der Waals surface area contributed by atoms with E-state index in [9.17, 15) is 4.79 Å². The van der Waals surface area contributed by atoms with Crippen LogP contribution in [0.4, 0.5) is 0 Å². The van der Waals surface area contributed by atoms with Crippen LogP contribution in [-0.4, -0.2) is 28.2 Å². The second-order valence-electron chi connectivity index (χ2n) is 4.02. The van der Waals surface area contributed by atoms with Gasteiger partial charge in [0.15, 0.2) is 5.16 Å². The van der Waals surface area contributed by atoms with E-state index in [1.54, 1.807) is 11.8 Å². The molecule has 1 heterocycles. The summed E-state index contributed by atoms with van der Waals surface area (Å²) in [6.07, 6.45) is 2.37. The fourth-order valence-electron chi connectivity index (χ4n) is 1.60. The van der Waals surface area contributed by atoms with Crippen LogP contribution in [0.3, 0.4) is 0 Å². The quantitative estimate of drug-likeness (QED) is 0.629. The molecule has 1 amide bonds. The van der Waals surface area contributed by atoms with E-state index < -0.39 is 0 Å². The van der Waals surface area contributed by atoms with Gasteiger partial charge in [-0.2, -0.15) is 0 Å². The van der Waals surface area contributed by atoms with Gasteiger partial charge in [0.25, 0.3) is 0 Å². The molecule has 0 aliphatic rings. The zero-order valence-electron chi connectivity index (χ0n) is 10.8. The lowest BCUT2D eigenvalue weighted by atomic mass is 10.2. The van der Waals surface area contributed by atoms with E-state index in [2.05, 4.69) is 15.3 Å². The molecule has 0 atom stereocenters. The van der Waals surface area contributed by atoms with Crippen molar-refractivity contribution >= 4 is 17.7 Å². The van der Waals surface area contributed by atoms with Crippen LogP contribution in [0.25, 0.3) is 11.3 Å². The lowest BCUT2D eigenvalue weighted by Crippen LogP contribution is -2.24. The van der Waals surface area contributed by atoms with E-state index in [-0.39, 0.29) is 5.91 Å². The lowest BCUT2D eigenvalue weighted by Gasteiger charge is -2.01. The minimum absolute atomic E-state index is 0.0880. The predicted octanol–water partition coefficient (Wildman–Crippen LogP) is 2.70. The maximum absolute atomic E-state index is 11.1. The molecular weight excluding hydrogens is 258 g/mol. The van der Waals surface area contributed by atoms with Crippen molar-refractivity contribution in [3.05, 3.63) is 36.5 Å². The van der Waals surface area contributed by atoms with Crippen LogP contribution >= 0.6 is 11.8 Å². The maximum Gasteiger partial charge on any atom is 0.219 e. The lowest BCUT2D eigenvalue weighted by molar-refractivity contribution is -0.120. The van der Waals surface area contributed by atoms with Gasteiger partial charge in [-0.05, 0) is 5.56 Å². The van der Waals surface area contributed by atoms with Crippen LogP contribution in [0.1, 0.15) is 13.3 Å². The summed E-state index contributed by atoms with van der Waals surface area (Å²) >= 11 is 1.61. The Balaban J connectivity index is 1.83. The van der Waals surface area contributed by atoms with Gasteiger partial charge in [0.05, 0.1) is 11.9 Å². The van der Waals surface area contributed by atoms with Gasteiger partial charge in [0.2, 0.25) is 5.91 Å². The number of carbonyl (C=O) groups excluding carboxylic acids is 1. The Hall–Kier alpha value is -1.75.